The molecule has 0 fully saturated rings. The Morgan fingerprint density at radius 1 is 0.228 bits per heavy atom. The van der Waals surface area contributed by atoms with E-state index in [0.717, 1.165) is 181 Å². The van der Waals surface area contributed by atoms with E-state index < -0.39 is 0 Å². The van der Waals surface area contributed by atoms with Crippen molar-refractivity contribution in [1.82, 2.24) is 20.2 Å². The SMILES string of the molecule is C#CC#CC#CC#COc1ccc2cc(-c3c4ccc(-c5ccc(-c6ccc7cc(-c8ccc9nc(-c%10ccc(C)cc%10)ccc9c8)ccc7n6)cc5)cc4c(-c4ccc(OCCCCCCCC)cc4)c4ccc(C)cc34)ccc2c1.C#CC#CC#CC#COc1ccc2cc(-c3c4ccc(-c5ccc(-c6nnc(-c7ccc(C)cc7)o6)cc5)cc4c(-c4ccc(OCCCCCCCC)cc4)c4ccc(C)cc34)ccc2c1. The molecule has 3 aromatic heterocycles. The van der Waals surface area contributed by atoms with Crippen LogP contribution in [0.15, 0.2) is 356 Å². The van der Waals surface area contributed by atoms with Crippen molar-refractivity contribution in [3.63, 3.8) is 0 Å². The zero-order valence-corrected chi connectivity index (χ0v) is 84.4. The van der Waals surface area contributed by atoms with E-state index in [2.05, 4.69) is 438 Å². The Kier molecular flexibility index (Phi) is 30.3. The van der Waals surface area contributed by atoms with Gasteiger partial charge in [-0.2, -0.15) is 0 Å². The number of ether oxygens (including phenoxy) is 4. The molecule has 3 heterocycles. The Hall–Kier alpha value is -18.8. The quantitative estimate of drug-likeness (QED) is 0.0258. The van der Waals surface area contributed by atoms with Crippen LogP contribution in [0.3, 0.4) is 0 Å². The Bertz CT molecular complexity index is 9190. The van der Waals surface area contributed by atoms with E-state index in [1.165, 1.54) is 141 Å². The van der Waals surface area contributed by atoms with E-state index in [1.54, 1.807) is 0 Å². The number of aryl methyl sites for hydroxylation is 4. The van der Waals surface area contributed by atoms with E-state index in [-0.39, 0.29) is 0 Å². The number of hydrogen-bond donors (Lipinski definition) is 0. The molecule has 0 bridgehead atoms. The Balaban J connectivity index is 0.000000184. The van der Waals surface area contributed by atoms with Crippen LogP contribution in [-0.2, 0) is 0 Å². The Labute approximate surface area is 872 Å². The number of aromatic nitrogens is 4. The number of terminal acetylenes is 2. The van der Waals surface area contributed by atoms with Crippen molar-refractivity contribution < 1.29 is 23.4 Å². The van der Waals surface area contributed by atoms with E-state index in [1.807, 2.05) is 48.5 Å². The highest BCUT2D eigenvalue weighted by Gasteiger charge is 2.24. The maximum absolute atomic E-state index is 6.31. The molecular formula is C140H106N4O5. The summed E-state index contributed by atoms with van der Waals surface area (Å²) in [4.78, 5) is 10.2. The Morgan fingerprint density at radius 2 is 0.523 bits per heavy atom. The minimum absolute atomic E-state index is 0.481. The summed E-state index contributed by atoms with van der Waals surface area (Å²) >= 11 is 0. The molecule has 0 unspecified atom stereocenters. The summed E-state index contributed by atoms with van der Waals surface area (Å²) in [6.07, 6.45) is 30.4. The maximum Gasteiger partial charge on any atom is 0.248 e. The van der Waals surface area contributed by atoms with Gasteiger partial charge in [-0.05, 0) is 352 Å². The molecular weight excluding hydrogens is 1820 g/mol. The number of nitrogens with zero attached hydrogens (tertiary/aromatic N) is 4. The fraction of sp³-hybridized carbons (Fsp3) is 0.143. The van der Waals surface area contributed by atoms with Crippen LogP contribution in [0, 0.1) is 124 Å². The van der Waals surface area contributed by atoms with Crippen LogP contribution in [0.5, 0.6) is 23.0 Å². The molecule has 0 saturated heterocycles. The minimum atomic E-state index is 0.481. The highest BCUT2D eigenvalue weighted by atomic mass is 16.5. The van der Waals surface area contributed by atoms with E-state index in [0.29, 0.717) is 23.3 Å². The summed E-state index contributed by atoms with van der Waals surface area (Å²) < 4.78 is 30.1. The van der Waals surface area contributed by atoms with Gasteiger partial charge >= 0.3 is 0 Å². The second kappa shape index (κ2) is 46.3. The summed E-state index contributed by atoms with van der Waals surface area (Å²) in [5, 5.41) is 24.6. The van der Waals surface area contributed by atoms with Gasteiger partial charge < -0.3 is 23.4 Å². The highest BCUT2D eigenvalue weighted by Crippen LogP contribution is 2.50. The smallest absolute Gasteiger partial charge is 0.248 e. The van der Waals surface area contributed by atoms with Gasteiger partial charge in [0.2, 0.25) is 11.8 Å². The molecule has 0 radical (unpaired) electrons. The van der Waals surface area contributed by atoms with Crippen molar-refractivity contribution in [2.24, 2.45) is 0 Å². The molecule has 0 saturated carbocycles. The van der Waals surface area contributed by atoms with Crippen molar-refractivity contribution in [2.75, 3.05) is 13.2 Å². The first-order chi connectivity index (χ1) is 73.3. The standard InChI is InChI=1S/C78H58N2O2.C62H48N2O3/c1-5-7-9-11-13-15-45-81-67-36-28-58(29-37-67)77-69-39-19-54(4)47-71(69)78(66-27-26-62-51-68(38-30-59(62)50-66)82-46-16-14-12-10-8-6-2)70-40-31-63(52-72(70)77)55-22-24-57(25-23-55)74-44-35-65-49-61(33-42-76(65)80-74)60-32-41-75-64(48-60)34-43-73(79-75)56-20-17-53(3)18-21-56;1-5-7-9-11-13-15-37-65-53-32-28-46(29-33-53)59-55-35-19-44(4)39-57(55)60(52-27-26-50-41-54(34-30-49(50)40-52)66-38-16-14-12-10-8-6-2)56-36-31-51(42-58(56)59)45-22-24-48(25-23-45)62-64-63-61(67-62)47-20-17-43(3)18-21-47/h2,17-44,47-52H,5,7,9,11,13,15,45H2,1,3-4H3;2,17-36,39-42H,5,7,9,11,13,15,37H2,1,3-4H3. The third-order valence-electron chi connectivity index (χ3n) is 27.4. The average molecular weight is 1920 g/mol. The minimum Gasteiger partial charge on any atom is -0.494 e. The molecule has 0 aliphatic carbocycles. The highest BCUT2D eigenvalue weighted by molar-refractivity contribution is 6.24. The molecule has 9 heteroatoms. The first-order valence-corrected chi connectivity index (χ1v) is 51.1. The lowest BCUT2D eigenvalue weighted by molar-refractivity contribution is 0.304. The first kappa shape index (κ1) is 97.6. The number of hydrogen-bond acceptors (Lipinski definition) is 9. The van der Waals surface area contributed by atoms with Gasteiger partial charge in [-0.1, -0.05) is 319 Å². The average Bonchev–Trinajstić information content (AvgIpc) is 1.05. The van der Waals surface area contributed by atoms with Crippen LogP contribution in [0.25, 0.3) is 210 Å². The normalized spacial score (nSPS) is 10.8. The zero-order valence-electron chi connectivity index (χ0n) is 84.4. The van der Waals surface area contributed by atoms with E-state index >= 15 is 0 Å². The van der Waals surface area contributed by atoms with Gasteiger partial charge in [0.15, 0.2) is 0 Å². The van der Waals surface area contributed by atoms with Gasteiger partial charge in [0.25, 0.3) is 0 Å². The van der Waals surface area contributed by atoms with Gasteiger partial charge in [0.1, 0.15) is 35.2 Å². The largest absolute Gasteiger partial charge is 0.494 e. The van der Waals surface area contributed by atoms with Crippen LogP contribution in [-0.4, -0.2) is 33.4 Å². The molecule has 0 aliphatic heterocycles. The number of fused-ring (bicyclic) bond motifs is 8. The summed E-state index contributed by atoms with van der Waals surface area (Å²) in [5.74, 6) is 34.3. The summed E-state index contributed by atoms with van der Waals surface area (Å²) in [6, 6.07) is 126. The van der Waals surface area contributed by atoms with Crippen molar-refractivity contribution >= 4 is 86.4 Å². The molecule has 18 aromatic carbocycles. The second-order valence-corrected chi connectivity index (χ2v) is 37.8. The summed E-state index contributed by atoms with van der Waals surface area (Å²) in [7, 11) is 0. The van der Waals surface area contributed by atoms with Gasteiger partial charge in [-0.15, -0.1) is 23.0 Å². The molecule has 21 rings (SSSR count). The van der Waals surface area contributed by atoms with Crippen LogP contribution in [0.2, 0.25) is 0 Å². The van der Waals surface area contributed by atoms with Crippen molar-refractivity contribution in [3.8, 4) is 242 Å². The van der Waals surface area contributed by atoms with Gasteiger partial charge in [-0.25, -0.2) is 9.97 Å². The molecule has 21 aromatic rings. The van der Waals surface area contributed by atoms with E-state index in [4.69, 9.17) is 46.2 Å². The molecule has 149 heavy (non-hydrogen) atoms. The maximum atomic E-state index is 6.31. The Morgan fingerprint density at radius 3 is 0.953 bits per heavy atom. The topological polar surface area (TPSA) is 102 Å². The lowest BCUT2D eigenvalue weighted by atomic mass is 9.84. The molecule has 0 N–H and O–H groups in total. The predicted molar refractivity (Wildman–Crippen MR) is 618 cm³/mol. The monoisotopic (exact) mass is 1920 g/mol. The molecule has 9 nitrogen and oxygen atoms in total. The predicted octanol–water partition coefficient (Wildman–Crippen LogP) is 34.8. The number of unbranched alkanes of at least 4 members (excludes halogenated alkanes) is 10. The van der Waals surface area contributed by atoms with Crippen LogP contribution >= 0.6 is 0 Å². The van der Waals surface area contributed by atoms with Crippen LogP contribution < -0.4 is 18.9 Å². The second-order valence-electron chi connectivity index (χ2n) is 37.8. The number of pyridine rings is 2. The molecule has 716 valence electrons. The van der Waals surface area contributed by atoms with Gasteiger partial charge in [0.05, 0.1) is 35.6 Å². The summed E-state index contributed by atoms with van der Waals surface area (Å²) in [5.41, 5.74) is 28.6. The van der Waals surface area contributed by atoms with Crippen LogP contribution in [0.4, 0.5) is 0 Å². The summed E-state index contributed by atoms with van der Waals surface area (Å²) in [6.45, 7) is 14.5. The van der Waals surface area contributed by atoms with Crippen molar-refractivity contribution in [1.29, 1.82) is 0 Å². The molecule has 0 amide bonds. The lowest BCUT2D eigenvalue weighted by Gasteiger charge is -2.20. The van der Waals surface area contributed by atoms with Crippen molar-refractivity contribution in [2.45, 2.75) is 119 Å². The fourth-order valence-corrected chi connectivity index (χ4v) is 19.7. The molecule has 0 aliphatic rings. The van der Waals surface area contributed by atoms with Gasteiger partial charge in [-0.3, -0.25) is 0 Å². The molecule has 0 spiro atoms. The zero-order chi connectivity index (χ0) is 102. The van der Waals surface area contributed by atoms with Gasteiger partial charge in [0, 0.05) is 68.5 Å². The lowest BCUT2D eigenvalue weighted by Crippen LogP contribution is -1.97. The third kappa shape index (κ3) is 22.9. The van der Waals surface area contributed by atoms with Crippen LogP contribution in [0.1, 0.15) is 113 Å². The first-order valence-electron chi connectivity index (χ1n) is 51.1. The van der Waals surface area contributed by atoms with Crippen molar-refractivity contribution in [3.05, 3.63) is 374 Å². The number of rotatable bonds is 29. The molecule has 0 atom stereocenters. The van der Waals surface area contributed by atoms with E-state index in [9.17, 15) is 0 Å². The fourth-order valence-electron chi connectivity index (χ4n) is 19.7. The third-order valence-corrected chi connectivity index (χ3v) is 27.4. The number of benzene rings is 18.